The first-order chi connectivity index (χ1) is 9.72. The molecule has 112 valence electrons. The van der Waals surface area contributed by atoms with Crippen LogP contribution in [0.2, 0.25) is 0 Å². The van der Waals surface area contributed by atoms with Crippen LogP contribution >= 0.6 is 0 Å². The van der Waals surface area contributed by atoms with Crippen molar-refractivity contribution in [3.63, 3.8) is 0 Å². The summed E-state index contributed by atoms with van der Waals surface area (Å²) in [7, 11) is 0. The first kappa shape index (κ1) is 15.3. The van der Waals surface area contributed by atoms with Crippen LogP contribution < -0.4 is 5.32 Å². The molecule has 1 heterocycles. The lowest BCUT2D eigenvalue weighted by Crippen LogP contribution is -2.45. The molecule has 0 bridgehead atoms. The van der Waals surface area contributed by atoms with Crippen molar-refractivity contribution in [3.8, 4) is 6.07 Å². The number of hydrogen-bond donors (Lipinski definition) is 2. The summed E-state index contributed by atoms with van der Waals surface area (Å²) in [6.45, 7) is 2.97. The van der Waals surface area contributed by atoms with Crippen molar-refractivity contribution in [2.75, 3.05) is 26.2 Å². The summed E-state index contributed by atoms with van der Waals surface area (Å²) >= 11 is 0. The molecule has 5 heteroatoms. The standard InChI is InChI=1S/C15H25N3O2/c16-12-15(6-4-7-15)14(20)17-8-1-2-9-18-10-3-5-13(18)11-19/h13,19H,1-11H2,(H,17,20). The molecule has 5 nitrogen and oxygen atoms in total. The Bertz CT molecular complexity index is 374. The molecule has 0 radical (unpaired) electrons. The van der Waals surface area contributed by atoms with E-state index in [9.17, 15) is 9.90 Å². The fourth-order valence-corrected chi connectivity index (χ4v) is 3.13. The predicted molar refractivity (Wildman–Crippen MR) is 75.8 cm³/mol. The highest BCUT2D eigenvalue weighted by atomic mass is 16.3. The molecule has 1 saturated carbocycles. The summed E-state index contributed by atoms with van der Waals surface area (Å²) < 4.78 is 0. The summed E-state index contributed by atoms with van der Waals surface area (Å²) in [4.78, 5) is 14.3. The zero-order chi connectivity index (χ0) is 14.4. The molecule has 1 aliphatic heterocycles. The molecule has 0 aromatic heterocycles. The van der Waals surface area contributed by atoms with Crippen LogP contribution in [-0.2, 0) is 4.79 Å². The van der Waals surface area contributed by atoms with E-state index in [2.05, 4.69) is 16.3 Å². The van der Waals surface area contributed by atoms with E-state index in [1.165, 1.54) is 6.42 Å². The topological polar surface area (TPSA) is 76.4 Å². The van der Waals surface area contributed by atoms with Gasteiger partial charge in [0.2, 0.25) is 5.91 Å². The summed E-state index contributed by atoms with van der Waals surface area (Å²) in [5, 5.41) is 21.2. The first-order valence-electron chi connectivity index (χ1n) is 7.76. The quantitative estimate of drug-likeness (QED) is 0.683. The van der Waals surface area contributed by atoms with E-state index in [1.807, 2.05) is 0 Å². The van der Waals surface area contributed by atoms with E-state index in [0.717, 1.165) is 38.8 Å². The molecule has 0 spiro atoms. The number of aliphatic hydroxyl groups excluding tert-OH is 1. The molecular weight excluding hydrogens is 254 g/mol. The zero-order valence-corrected chi connectivity index (χ0v) is 12.1. The zero-order valence-electron chi connectivity index (χ0n) is 12.1. The predicted octanol–water partition coefficient (Wildman–Crippen LogP) is 1.03. The van der Waals surface area contributed by atoms with Gasteiger partial charge in [0, 0.05) is 12.6 Å². The van der Waals surface area contributed by atoms with Gasteiger partial charge in [0.1, 0.15) is 5.41 Å². The molecule has 20 heavy (non-hydrogen) atoms. The highest BCUT2D eigenvalue weighted by molar-refractivity contribution is 5.86. The Hall–Kier alpha value is -1.12. The third-order valence-electron chi connectivity index (χ3n) is 4.72. The van der Waals surface area contributed by atoms with Crippen LogP contribution in [0.5, 0.6) is 0 Å². The van der Waals surface area contributed by atoms with Gasteiger partial charge in [-0.2, -0.15) is 5.26 Å². The first-order valence-corrected chi connectivity index (χ1v) is 7.76. The second kappa shape index (κ2) is 7.05. The number of nitrogens with zero attached hydrogens (tertiary/aromatic N) is 2. The average Bonchev–Trinajstić information content (AvgIpc) is 2.85. The number of rotatable bonds is 7. The van der Waals surface area contributed by atoms with Gasteiger partial charge in [-0.15, -0.1) is 0 Å². The van der Waals surface area contributed by atoms with Crippen LogP contribution in [0.25, 0.3) is 0 Å². The number of carbonyl (C=O) groups is 1. The van der Waals surface area contributed by atoms with E-state index in [-0.39, 0.29) is 12.5 Å². The molecule has 1 unspecified atom stereocenters. The van der Waals surface area contributed by atoms with E-state index in [4.69, 9.17) is 5.26 Å². The van der Waals surface area contributed by atoms with Gasteiger partial charge < -0.3 is 10.4 Å². The van der Waals surface area contributed by atoms with Gasteiger partial charge in [-0.3, -0.25) is 9.69 Å². The van der Waals surface area contributed by atoms with Gasteiger partial charge in [-0.25, -0.2) is 0 Å². The van der Waals surface area contributed by atoms with Crippen LogP contribution in [-0.4, -0.2) is 48.2 Å². The van der Waals surface area contributed by atoms with Crippen LogP contribution in [0.1, 0.15) is 44.9 Å². The van der Waals surface area contributed by atoms with Crippen molar-refractivity contribution in [1.82, 2.24) is 10.2 Å². The largest absolute Gasteiger partial charge is 0.395 e. The Balaban J connectivity index is 1.58. The van der Waals surface area contributed by atoms with Gasteiger partial charge >= 0.3 is 0 Å². The van der Waals surface area contributed by atoms with E-state index in [0.29, 0.717) is 25.4 Å². The number of amides is 1. The van der Waals surface area contributed by atoms with Crippen molar-refractivity contribution in [3.05, 3.63) is 0 Å². The highest BCUT2D eigenvalue weighted by Gasteiger charge is 2.44. The van der Waals surface area contributed by atoms with Crippen LogP contribution in [0, 0.1) is 16.7 Å². The van der Waals surface area contributed by atoms with Crippen LogP contribution in [0.4, 0.5) is 0 Å². The lowest BCUT2D eigenvalue weighted by molar-refractivity contribution is -0.131. The third kappa shape index (κ3) is 3.31. The Kier molecular flexibility index (Phi) is 5.38. The van der Waals surface area contributed by atoms with Gasteiger partial charge in [0.15, 0.2) is 0 Å². The molecule has 1 saturated heterocycles. The smallest absolute Gasteiger partial charge is 0.240 e. The number of nitrogens with one attached hydrogen (secondary N) is 1. The van der Waals surface area contributed by atoms with Crippen molar-refractivity contribution >= 4 is 5.91 Å². The molecule has 2 rings (SSSR count). The number of carbonyl (C=O) groups excluding carboxylic acids is 1. The van der Waals surface area contributed by atoms with Crippen molar-refractivity contribution in [2.24, 2.45) is 5.41 Å². The second-order valence-electron chi connectivity index (χ2n) is 6.03. The summed E-state index contributed by atoms with van der Waals surface area (Å²) in [6.07, 6.45) is 6.63. The van der Waals surface area contributed by atoms with Gasteiger partial charge in [-0.1, -0.05) is 0 Å². The third-order valence-corrected chi connectivity index (χ3v) is 4.72. The number of nitriles is 1. The minimum Gasteiger partial charge on any atom is -0.395 e. The molecule has 2 fully saturated rings. The monoisotopic (exact) mass is 279 g/mol. The lowest BCUT2D eigenvalue weighted by atomic mass is 9.69. The number of hydrogen-bond acceptors (Lipinski definition) is 4. The van der Waals surface area contributed by atoms with Crippen LogP contribution in [0.3, 0.4) is 0 Å². The Morgan fingerprint density at radius 1 is 1.40 bits per heavy atom. The fraction of sp³-hybridized carbons (Fsp3) is 0.867. The van der Waals surface area contributed by atoms with Crippen LogP contribution in [0.15, 0.2) is 0 Å². The molecule has 0 aromatic carbocycles. The SMILES string of the molecule is N#CC1(C(=O)NCCCCN2CCCC2CO)CCC1. The lowest BCUT2D eigenvalue weighted by Gasteiger charge is -2.33. The molecule has 1 aliphatic carbocycles. The molecule has 0 aromatic rings. The molecular formula is C15H25N3O2. The van der Waals surface area contributed by atoms with E-state index < -0.39 is 5.41 Å². The van der Waals surface area contributed by atoms with Crippen molar-refractivity contribution in [1.29, 1.82) is 5.26 Å². The fourth-order valence-electron chi connectivity index (χ4n) is 3.13. The Morgan fingerprint density at radius 3 is 2.80 bits per heavy atom. The van der Waals surface area contributed by atoms with Gasteiger partial charge in [-0.05, 0) is 58.0 Å². The maximum absolute atomic E-state index is 11.9. The summed E-state index contributed by atoms with van der Waals surface area (Å²) in [6, 6.07) is 2.50. The Morgan fingerprint density at radius 2 is 2.20 bits per heavy atom. The van der Waals surface area contributed by atoms with E-state index >= 15 is 0 Å². The average molecular weight is 279 g/mol. The van der Waals surface area contributed by atoms with Gasteiger partial charge in [0.05, 0.1) is 12.7 Å². The van der Waals surface area contributed by atoms with Gasteiger partial charge in [0.25, 0.3) is 0 Å². The molecule has 1 atom stereocenters. The number of likely N-dealkylation sites (tertiary alicyclic amines) is 1. The number of unbranched alkanes of at least 4 members (excludes halogenated alkanes) is 1. The minimum atomic E-state index is -0.725. The summed E-state index contributed by atoms with van der Waals surface area (Å²) in [5.41, 5.74) is -0.725. The maximum Gasteiger partial charge on any atom is 0.240 e. The normalized spacial score (nSPS) is 24.9. The number of aliphatic hydroxyl groups is 1. The van der Waals surface area contributed by atoms with Crippen molar-refractivity contribution in [2.45, 2.75) is 51.0 Å². The maximum atomic E-state index is 11.9. The minimum absolute atomic E-state index is 0.0827. The Labute approximate surface area is 120 Å². The second-order valence-corrected chi connectivity index (χ2v) is 6.03. The summed E-state index contributed by atoms with van der Waals surface area (Å²) in [5.74, 6) is -0.0827. The molecule has 2 aliphatic rings. The van der Waals surface area contributed by atoms with Crippen molar-refractivity contribution < 1.29 is 9.90 Å². The van der Waals surface area contributed by atoms with E-state index in [1.54, 1.807) is 0 Å². The molecule has 1 amide bonds. The molecule has 2 N–H and O–H groups in total. The highest BCUT2D eigenvalue weighted by Crippen LogP contribution is 2.40.